The van der Waals surface area contributed by atoms with Crippen molar-refractivity contribution >= 4 is 40.7 Å². The number of nitrogens with zero attached hydrogens (tertiary/aromatic N) is 1. The molecule has 1 heterocycles. The number of nitrogens with one attached hydrogen (secondary N) is 2. The van der Waals surface area contributed by atoms with Crippen molar-refractivity contribution in [3.63, 3.8) is 0 Å². The second-order valence-electron chi connectivity index (χ2n) is 6.39. The molecule has 25 heavy (non-hydrogen) atoms. The molecule has 1 aliphatic heterocycles. The number of hydrogen-bond acceptors (Lipinski definition) is 4. The van der Waals surface area contributed by atoms with Crippen LogP contribution >= 0.6 is 23.2 Å². The number of amides is 2. The topological polar surface area (TPSA) is 70.7 Å². The summed E-state index contributed by atoms with van der Waals surface area (Å²) in [5, 5.41) is 6.11. The molecule has 6 nitrogen and oxygen atoms in total. The van der Waals surface area contributed by atoms with Crippen LogP contribution in [-0.2, 0) is 14.3 Å². The summed E-state index contributed by atoms with van der Waals surface area (Å²) in [5.41, 5.74) is -0.946. The fraction of sp³-hybridized carbons (Fsp3) is 0.529. The van der Waals surface area contributed by atoms with E-state index in [0.717, 1.165) is 19.6 Å². The van der Waals surface area contributed by atoms with Crippen molar-refractivity contribution in [3.05, 3.63) is 28.2 Å². The van der Waals surface area contributed by atoms with Gasteiger partial charge >= 0.3 is 0 Å². The van der Waals surface area contributed by atoms with Gasteiger partial charge in [-0.3, -0.25) is 14.5 Å². The number of para-hydroxylation sites is 1. The maximum atomic E-state index is 12.5. The quantitative estimate of drug-likeness (QED) is 0.735. The Hall–Kier alpha value is -1.34. The Bertz CT molecular complexity index is 611. The van der Waals surface area contributed by atoms with Crippen molar-refractivity contribution in [2.24, 2.45) is 5.41 Å². The first-order valence-corrected chi connectivity index (χ1v) is 8.92. The predicted molar refractivity (Wildman–Crippen MR) is 99.1 cm³/mol. The van der Waals surface area contributed by atoms with Crippen molar-refractivity contribution < 1.29 is 14.3 Å². The van der Waals surface area contributed by atoms with Crippen molar-refractivity contribution in [1.29, 1.82) is 0 Å². The second kappa shape index (κ2) is 8.85. The molecule has 0 unspecified atom stereocenters. The Morgan fingerprint density at radius 2 is 1.76 bits per heavy atom. The number of ether oxygens (including phenoxy) is 1. The predicted octanol–water partition coefficient (Wildman–Crippen LogP) is 2.41. The van der Waals surface area contributed by atoms with Gasteiger partial charge in [0.2, 0.25) is 11.8 Å². The van der Waals surface area contributed by atoms with Crippen molar-refractivity contribution in [1.82, 2.24) is 10.2 Å². The minimum absolute atomic E-state index is 0.310. The molecule has 1 fully saturated rings. The molecule has 1 saturated heterocycles. The molecular formula is C17H23Cl2N3O3. The lowest BCUT2D eigenvalue weighted by Gasteiger charge is -2.28. The zero-order valence-corrected chi connectivity index (χ0v) is 15.9. The Kier molecular flexibility index (Phi) is 7.07. The molecular weight excluding hydrogens is 365 g/mol. The summed E-state index contributed by atoms with van der Waals surface area (Å²) in [7, 11) is 0. The Labute approximate surface area is 157 Å². The van der Waals surface area contributed by atoms with E-state index >= 15 is 0 Å². The standard InChI is InChI=1S/C17H23Cl2N3O3/c1-17(2,15(23)20-6-7-22-8-10-25-11-9-22)16(24)21-14-12(18)4-3-5-13(14)19/h3-5H,6-11H2,1-2H3,(H,20,23)(H,21,24). The van der Waals surface area contributed by atoms with Gasteiger partial charge in [0.05, 0.1) is 28.9 Å². The first kappa shape index (κ1) is 20.0. The van der Waals surface area contributed by atoms with Crippen LogP contribution in [0.4, 0.5) is 5.69 Å². The lowest BCUT2D eigenvalue weighted by Crippen LogP contribution is -2.48. The second-order valence-corrected chi connectivity index (χ2v) is 7.20. The molecule has 2 rings (SSSR count). The van der Waals surface area contributed by atoms with Crippen molar-refractivity contribution in [2.45, 2.75) is 13.8 Å². The van der Waals surface area contributed by atoms with E-state index in [-0.39, 0.29) is 5.91 Å². The van der Waals surface area contributed by atoms with Crippen LogP contribution in [0.1, 0.15) is 13.8 Å². The highest BCUT2D eigenvalue weighted by atomic mass is 35.5. The highest BCUT2D eigenvalue weighted by molar-refractivity contribution is 6.40. The number of benzene rings is 1. The summed E-state index contributed by atoms with van der Waals surface area (Å²) in [6.45, 7) is 7.45. The molecule has 8 heteroatoms. The molecule has 0 aromatic heterocycles. The highest BCUT2D eigenvalue weighted by Crippen LogP contribution is 2.31. The molecule has 1 aromatic carbocycles. The van der Waals surface area contributed by atoms with Crippen LogP contribution in [0.25, 0.3) is 0 Å². The average molecular weight is 388 g/mol. The number of hydrogen-bond donors (Lipinski definition) is 2. The van der Waals surface area contributed by atoms with E-state index < -0.39 is 11.3 Å². The van der Waals surface area contributed by atoms with Gasteiger partial charge < -0.3 is 15.4 Å². The van der Waals surface area contributed by atoms with Crippen LogP contribution in [0.2, 0.25) is 10.0 Å². The van der Waals surface area contributed by atoms with Crippen molar-refractivity contribution in [3.8, 4) is 0 Å². The largest absolute Gasteiger partial charge is 0.379 e. The summed E-state index contributed by atoms with van der Waals surface area (Å²) in [5.74, 6) is -0.812. The molecule has 0 spiro atoms. The Morgan fingerprint density at radius 3 is 2.36 bits per heavy atom. The number of carbonyl (C=O) groups is 2. The van der Waals surface area contributed by atoms with Crippen LogP contribution in [0.3, 0.4) is 0 Å². The molecule has 138 valence electrons. The lowest BCUT2D eigenvalue weighted by molar-refractivity contribution is -0.138. The van der Waals surface area contributed by atoms with E-state index in [4.69, 9.17) is 27.9 Å². The SMILES string of the molecule is CC(C)(C(=O)NCCN1CCOCC1)C(=O)Nc1c(Cl)cccc1Cl. The normalized spacial score (nSPS) is 15.7. The van der Waals surface area contributed by atoms with E-state index in [1.165, 1.54) is 0 Å². The highest BCUT2D eigenvalue weighted by Gasteiger charge is 2.36. The van der Waals surface area contributed by atoms with E-state index in [1.54, 1.807) is 32.0 Å². The van der Waals surface area contributed by atoms with Crippen molar-refractivity contribution in [2.75, 3.05) is 44.7 Å². The molecule has 0 saturated carbocycles. The van der Waals surface area contributed by atoms with Crippen LogP contribution in [0, 0.1) is 5.41 Å². The molecule has 0 aliphatic carbocycles. The monoisotopic (exact) mass is 387 g/mol. The average Bonchev–Trinajstić information content (AvgIpc) is 2.58. The number of halogens is 2. The Balaban J connectivity index is 1.89. The van der Waals surface area contributed by atoms with Crippen LogP contribution in [-0.4, -0.2) is 56.1 Å². The van der Waals surface area contributed by atoms with Gasteiger partial charge in [-0.2, -0.15) is 0 Å². The van der Waals surface area contributed by atoms with Crippen LogP contribution in [0.15, 0.2) is 18.2 Å². The molecule has 2 N–H and O–H groups in total. The maximum Gasteiger partial charge on any atom is 0.239 e. The first-order valence-electron chi connectivity index (χ1n) is 8.16. The third-order valence-corrected chi connectivity index (χ3v) is 4.78. The lowest BCUT2D eigenvalue weighted by atomic mass is 9.91. The maximum absolute atomic E-state index is 12.5. The molecule has 0 bridgehead atoms. The minimum atomic E-state index is -1.26. The molecule has 1 aliphatic rings. The first-order chi connectivity index (χ1) is 11.8. The van der Waals surface area contributed by atoms with Gasteiger partial charge in [0.15, 0.2) is 0 Å². The fourth-order valence-corrected chi connectivity index (χ4v) is 2.86. The molecule has 1 aromatic rings. The van der Waals surface area contributed by atoms with E-state index in [1.807, 2.05) is 0 Å². The molecule has 2 amide bonds. The smallest absolute Gasteiger partial charge is 0.239 e. The zero-order chi connectivity index (χ0) is 18.4. The van der Waals surface area contributed by atoms with Gasteiger partial charge in [-0.1, -0.05) is 29.3 Å². The van der Waals surface area contributed by atoms with Gasteiger partial charge in [0.25, 0.3) is 0 Å². The summed E-state index contributed by atoms with van der Waals surface area (Å²) in [6.07, 6.45) is 0. The number of rotatable bonds is 6. The van der Waals surface area contributed by atoms with E-state index in [0.29, 0.717) is 35.5 Å². The van der Waals surface area contributed by atoms with Gasteiger partial charge in [-0.05, 0) is 26.0 Å². The summed E-state index contributed by atoms with van der Waals surface area (Å²) >= 11 is 12.1. The van der Waals surface area contributed by atoms with Crippen LogP contribution in [0.5, 0.6) is 0 Å². The molecule has 0 radical (unpaired) electrons. The minimum Gasteiger partial charge on any atom is -0.379 e. The summed E-state index contributed by atoms with van der Waals surface area (Å²) in [6, 6.07) is 4.93. The third kappa shape index (κ3) is 5.31. The third-order valence-electron chi connectivity index (χ3n) is 4.15. The van der Waals surface area contributed by atoms with Crippen LogP contribution < -0.4 is 10.6 Å². The van der Waals surface area contributed by atoms with E-state index in [9.17, 15) is 9.59 Å². The number of anilines is 1. The van der Waals surface area contributed by atoms with E-state index in [2.05, 4.69) is 15.5 Å². The van der Waals surface area contributed by atoms with Gasteiger partial charge in [0, 0.05) is 26.2 Å². The summed E-state index contributed by atoms with van der Waals surface area (Å²) < 4.78 is 5.29. The van der Waals surface area contributed by atoms with Gasteiger partial charge in [-0.15, -0.1) is 0 Å². The number of carbonyl (C=O) groups excluding carboxylic acids is 2. The zero-order valence-electron chi connectivity index (χ0n) is 14.4. The number of morpholine rings is 1. The van der Waals surface area contributed by atoms with Gasteiger partial charge in [-0.25, -0.2) is 0 Å². The molecule has 0 atom stereocenters. The van der Waals surface area contributed by atoms with Gasteiger partial charge in [0.1, 0.15) is 5.41 Å². The Morgan fingerprint density at radius 1 is 1.16 bits per heavy atom. The summed E-state index contributed by atoms with van der Waals surface area (Å²) in [4.78, 5) is 27.2. The fourth-order valence-electron chi connectivity index (χ4n) is 2.36.